The molecule has 1 saturated heterocycles. The molecule has 0 unspecified atom stereocenters. The number of pyridine rings is 1. The second kappa shape index (κ2) is 13.5. The van der Waals surface area contributed by atoms with Crippen molar-refractivity contribution in [1.29, 1.82) is 0 Å². The minimum absolute atomic E-state index is 0.789. The topological polar surface area (TPSA) is 53.0 Å². The number of morpholine rings is 1. The lowest BCUT2D eigenvalue weighted by Crippen LogP contribution is -2.37. The number of anilines is 2. The fraction of sp³-hybridized carbons (Fsp3) is 0.520. The Hall–Kier alpha value is -2.09. The van der Waals surface area contributed by atoms with Gasteiger partial charge in [0.1, 0.15) is 10.8 Å². The average molecular weight is 456 g/mol. The zero-order valence-electron chi connectivity index (χ0n) is 19.7. The van der Waals surface area contributed by atoms with E-state index in [2.05, 4.69) is 71.4 Å². The number of aromatic nitrogens is 1. The summed E-state index contributed by atoms with van der Waals surface area (Å²) in [6, 6.07) is 12.7. The average Bonchev–Trinajstić information content (AvgIpc) is 2.80. The minimum Gasteiger partial charge on any atom is -0.379 e. The van der Waals surface area contributed by atoms with Crippen molar-refractivity contribution in [2.75, 3.05) is 62.0 Å². The molecule has 1 aliphatic rings. The van der Waals surface area contributed by atoms with Gasteiger partial charge in [-0.25, -0.2) is 4.98 Å². The van der Waals surface area contributed by atoms with E-state index in [1.54, 1.807) is 0 Å². The van der Waals surface area contributed by atoms with Gasteiger partial charge in [-0.2, -0.15) is 5.10 Å². The largest absolute Gasteiger partial charge is 0.379 e. The molecule has 32 heavy (non-hydrogen) atoms. The predicted octanol–water partition coefficient (Wildman–Crippen LogP) is 4.89. The Labute approximate surface area is 197 Å². The number of rotatable bonds is 12. The van der Waals surface area contributed by atoms with Gasteiger partial charge in [-0.15, -0.1) is 11.8 Å². The van der Waals surface area contributed by atoms with E-state index in [9.17, 15) is 0 Å². The highest BCUT2D eigenvalue weighted by Crippen LogP contribution is 2.26. The monoisotopic (exact) mass is 455 g/mol. The van der Waals surface area contributed by atoms with Crippen LogP contribution in [-0.2, 0) is 4.74 Å². The Morgan fingerprint density at radius 3 is 2.66 bits per heavy atom. The van der Waals surface area contributed by atoms with E-state index < -0.39 is 0 Å². The standard InChI is InChI=1S/C25H37N5OS/c1-4-9-30(10-5-2)23-18-24(28-26-20-22-8-6-7-21(3)17-22)27-25(19-23)32-16-13-29-11-14-31-15-12-29/h6-8,17-20H,4-5,9-16H2,1-3H3,(H,27,28)/b26-20+. The third kappa shape index (κ3) is 8.11. The zero-order chi connectivity index (χ0) is 22.6. The molecule has 1 N–H and O–H groups in total. The SMILES string of the molecule is CCCN(CCC)c1cc(N/N=C/c2cccc(C)c2)nc(SCCN2CCOCC2)c1. The summed E-state index contributed by atoms with van der Waals surface area (Å²) in [5.41, 5.74) is 6.68. The van der Waals surface area contributed by atoms with Gasteiger partial charge in [-0.05, 0) is 31.4 Å². The molecule has 7 heteroatoms. The van der Waals surface area contributed by atoms with Crippen molar-refractivity contribution in [3.05, 3.63) is 47.5 Å². The minimum atomic E-state index is 0.789. The first-order chi connectivity index (χ1) is 15.7. The van der Waals surface area contributed by atoms with E-state index in [-0.39, 0.29) is 0 Å². The van der Waals surface area contributed by atoms with E-state index in [0.29, 0.717) is 0 Å². The molecule has 1 aromatic carbocycles. The van der Waals surface area contributed by atoms with Gasteiger partial charge in [0.05, 0.1) is 19.4 Å². The molecule has 0 spiro atoms. The van der Waals surface area contributed by atoms with Crippen LogP contribution in [0.1, 0.15) is 37.8 Å². The van der Waals surface area contributed by atoms with Crippen molar-refractivity contribution in [3.8, 4) is 0 Å². The van der Waals surface area contributed by atoms with Gasteiger partial charge >= 0.3 is 0 Å². The number of ether oxygens (including phenoxy) is 1. The Morgan fingerprint density at radius 2 is 1.94 bits per heavy atom. The number of hydrogen-bond acceptors (Lipinski definition) is 7. The lowest BCUT2D eigenvalue weighted by Gasteiger charge is -2.26. The first-order valence-electron chi connectivity index (χ1n) is 11.7. The highest BCUT2D eigenvalue weighted by atomic mass is 32.2. The second-order valence-electron chi connectivity index (χ2n) is 8.12. The molecule has 1 fully saturated rings. The summed E-state index contributed by atoms with van der Waals surface area (Å²) in [6.07, 6.45) is 4.09. The smallest absolute Gasteiger partial charge is 0.149 e. The maximum Gasteiger partial charge on any atom is 0.149 e. The molecule has 0 aliphatic carbocycles. The lowest BCUT2D eigenvalue weighted by molar-refractivity contribution is 0.0410. The normalized spacial score (nSPS) is 14.7. The van der Waals surface area contributed by atoms with Gasteiger partial charge in [0.25, 0.3) is 0 Å². The number of nitrogens with one attached hydrogen (secondary N) is 1. The number of thioether (sulfide) groups is 1. The Balaban J connectivity index is 1.71. The van der Waals surface area contributed by atoms with Crippen LogP contribution in [0, 0.1) is 6.92 Å². The number of aryl methyl sites for hydroxylation is 1. The molecule has 0 amide bonds. The van der Waals surface area contributed by atoms with E-state index in [4.69, 9.17) is 9.72 Å². The molecule has 1 aromatic heterocycles. The van der Waals surface area contributed by atoms with Crippen molar-refractivity contribution in [3.63, 3.8) is 0 Å². The highest BCUT2D eigenvalue weighted by molar-refractivity contribution is 7.99. The van der Waals surface area contributed by atoms with Crippen molar-refractivity contribution in [2.24, 2.45) is 5.10 Å². The molecule has 0 atom stereocenters. The maximum atomic E-state index is 5.46. The van der Waals surface area contributed by atoms with Crippen LogP contribution in [0.2, 0.25) is 0 Å². The van der Waals surface area contributed by atoms with Crippen LogP contribution in [0.4, 0.5) is 11.5 Å². The van der Waals surface area contributed by atoms with Crippen LogP contribution < -0.4 is 10.3 Å². The maximum absolute atomic E-state index is 5.46. The molecule has 0 bridgehead atoms. The van der Waals surface area contributed by atoms with Crippen LogP contribution in [0.3, 0.4) is 0 Å². The molecular weight excluding hydrogens is 418 g/mol. The van der Waals surface area contributed by atoms with Gasteiger partial charge in [-0.3, -0.25) is 10.3 Å². The summed E-state index contributed by atoms with van der Waals surface area (Å²) >= 11 is 1.82. The summed E-state index contributed by atoms with van der Waals surface area (Å²) in [5, 5.41) is 5.50. The van der Waals surface area contributed by atoms with Crippen LogP contribution in [0.5, 0.6) is 0 Å². The quantitative estimate of drug-likeness (QED) is 0.279. The number of nitrogens with zero attached hydrogens (tertiary/aromatic N) is 4. The van der Waals surface area contributed by atoms with Crippen molar-refractivity contribution in [1.82, 2.24) is 9.88 Å². The van der Waals surface area contributed by atoms with Crippen LogP contribution in [-0.4, -0.2) is 67.8 Å². The van der Waals surface area contributed by atoms with Crippen LogP contribution >= 0.6 is 11.8 Å². The molecule has 3 rings (SSSR count). The first-order valence-corrected chi connectivity index (χ1v) is 12.7. The lowest BCUT2D eigenvalue weighted by atomic mass is 10.2. The molecular formula is C25H37N5OS. The summed E-state index contributed by atoms with van der Waals surface area (Å²) in [4.78, 5) is 9.75. The summed E-state index contributed by atoms with van der Waals surface area (Å²) in [5.74, 6) is 1.81. The number of hydrazone groups is 1. The molecule has 0 radical (unpaired) electrons. The number of hydrogen-bond donors (Lipinski definition) is 1. The van der Waals surface area contributed by atoms with Gasteiger partial charge in [0.15, 0.2) is 0 Å². The zero-order valence-corrected chi connectivity index (χ0v) is 20.5. The summed E-state index contributed by atoms with van der Waals surface area (Å²) in [7, 11) is 0. The molecule has 6 nitrogen and oxygen atoms in total. The second-order valence-corrected chi connectivity index (χ2v) is 9.24. The fourth-order valence-corrected chi connectivity index (χ4v) is 4.67. The molecule has 2 aromatic rings. The van der Waals surface area contributed by atoms with E-state index in [1.165, 1.54) is 11.3 Å². The first kappa shape index (κ1) is 24.6. The van der Waals surface area contributed by atoms with Gasteiger partial charge in [0, 0.05) is 50.2 Å². The Kier molecular flexibility index (Phi) is 10.3. The predicted molar refractivity (Wildman–Crippen MR) is 137 cm³/mol. The number of benzene rings is 1. The van der Waals surface area contributed by atoms with Crippen molar-refractivity contribution < 1.29 is 4.74 Å². The van der Waals surface area contributed by atoms with Gasteiger partial charge < -0.3 is 9.64 Å². The summed E-state index contributed by atoms with van der Waals surface area (Å²) < 4.78 is 5.46. The highest BCUT2D eigenvalue weighted by Gasteiger charge is 2.12. The molecule has 0 saturated carbocycles. The van der Waals surface area contributed by atoms with Crippen molar-refractivity contribution in [2.45, 2.75) is 38.6 Å². The third-order valence-electron chi connectivity index (χ3n) is 5.33. The van der Waals surface area contributed by atoms with Crippen LogP contribution in [0.15, 0.2) is 46.5 Å². The Bertz CT molecular complexity index is 848. The van der Waals surface area contributed by atoms with E-state index in [1.807, 2.05) is 24.0 Å². The molecule has 2 heterocycles. The molecule has 174 valence electrons. The van der Waals surface area contributed by atoms with E-state index in [0.717, 1.165) is 80.9 Å². The van der Waals surface area contributed by atoms with Gasteiger partial charge in [0.2, 0.25) is 0 Å². The fourth-order valence-electron chi connectivity index (χ4n) is 3.74. The van der Waals surface area contributed by atoms with Crippen LogP contribution in [0.25, 0.3) is 0 Å². The summed E-state index contributed by atoms with van der Waals surface area (Å²) in [6.45, 7) is 13.4. The van der Waals surface area contributed by atoms with Gasteiger partial charge in [-0.1, -0.05) is 43.7 Å². The Morgan fingerprint density at radius 1 is 1.16 bits per heavy atom. The third-order valence-corrected chi connectivity index (χ3v) is 6.23. The van der Waals surface area contributed by atoms with E-state index >= 15 is 0 Å². The van der Waals surface area contributed by atoms with Crippen molar-refractivity contribution >= 4 is 29.5 Å². The molecule has 1 aliphatic heterocycles.